The Morgan fingerprint density at radius 3 is 2.50 bits per heavy atom. The lowest BCUT2D eigenvalue weighted by Crippen LogP contribution is -2.15. The van der Waals surface area contributed by atoms with Gasteiger partial charge in [0.2, 0.25) is 0 Å². The maximum atomic E-state index is 12.2. The van der Waals surface area contributed by atoms with E-state index in [2.05, 4.69) is 19.1 Å². The number of hydrogen-bond acceptors (Lipinski definition) is 3. The molecule has 112 valence electrons. The van der Waals surface area contributed by atoms with Crippen LogP contribution in [0.15, 0.2) is 48.5 Å². The molecular weight excluding hydrogens is 276 g/mol. The van der Waals surface area contributed by atoms with Gasteiger partial charge >= 0.3 is 0 Å². The molecule has 3 rings (SSSR count). The molecule has 3 heteroatoms. The molecule has 2 aromatic rings. The number of carbonyl (C=O) groups excluding carboxylic acids is 1. The molecule has 3 nitrogen and oxygen atoms in total. The number of ketones is 1. The minimum Gasteiger partial charge on any atom is -0.486 e. The molecule has 0 fully saturated rings. The van der Waals surface area contributed by atoms with E-state index in [1.807, 2.05) is 18.2 Å². The summed E-state index contributed by atoms with van der Waals surface area (Å²) in [6.45, 7) is 3.19. The van der Waals surface area contributed by atoms with Crippen LogP contribution in [0.2, 0.25) is 0 Å². The van der Waals surface area contributed by atoms with Crippen LogP contribution in [-0.4, -0.2) is 19.0 Å². The number of benzene rings is 2. The highest BCUT2D eigenvalue weighted by molar-refractivity contribution is 6.07. The van der Waals surface area contributed by atoms with E-state index in [1.165, 1.54) is 5.56 Å². The van der Waals surface area contributed by atoms with Crippen molar-refractivity contribution in [1.82, 2.24) is 0 Å². The van der Waals surface area contributed by atoms with E-state index in [4.69, 9.17) is 9.47 Å². The maximum Gasteiger partial charge on any atom is 0.185 e. The summed E-state index contributed by atoms with van der Waals surface area (Å²) in [6, 6.07) is 13.5. The second-order valence-corrected chi connectivity index (χ2v) is 5.15. The molecule has 2 aromatic carbocycles. The smallest absolute Gasteiger partial charge is 0.185 e. The van der Waals surface area contributed by atoms with E-state index in [1.54, 1.807) is 24.3 Å². The van der Waals surface area contributed by atoms with Crippen LogP contribution < -0.4 is 9.47 Å². The SMILES string of the molecule is CCc1ccc(/C=C/C(=O)c2ccc3c(c2)OCCO3)cc1. The average molecular weight is 294 g/mol. The number of allylic oxidation sites excluding steroid dienone is 1. The molecule has 0 spiro atoms. The predicted octanol–water partition coefficient (Wildman–Crippen LogP) is 3.92. The highest BCUT2D eigenvalue weighted by atomic mass is 16.6. The van der Waals surface area contributed by atoms with Crippen LogP contribution in [0.1, 0.15) is 28.4 Å². The summed E-state index contributed by atoms with van der Waals surface area (Å²) in [4.78, 5) is 12.2. The molecule has 0 saturated carbocycles. The van der Waals surface area contributed by atoms with Gasteiger partial charge in [0.15, 0.2) is 17.3 Å². The quantitative estimate of drug-likeness (QED) is 0.633. The summed E-state index contributed by atoms with van der Waals surface area (Å²) >= 11 is 0. The van der Waals surface area contributed by atoms with Gasteiger partial charge in [-0.3, -0.25) is 4.79 Å². The molecule has 0 atom stereocenters. The Morgan fingerprint density at radius 1 is 1.05 bits per heavy atom. The van der Waals surface area contributed by atoms with Gasteiger partial charge in [-0.15, -0.1) is 0 Å². The Balaban J connectivity index is 1.74. The van der Waals surface area contributed by atoms with E-state index >= 15 is 0 Å². The normalized spacial score (nSPS) is 13.3. The first-order valence-electron chi connectivity index (χ1n) is 7.47. The van der Waals surface area contributed by atoms with Crippen LogP contribution in [0.3, 0.4) is 0 Å². The van der Waals surface area contributed by atoms with Crippen LogP contribution >= 0.6 is 0 Å². The fraction of sp³-hybridized carbons (Fsp3) is 0.211. The van der Waals surface area contributed by atoms with Crippen molar-refractivity contribution in [1.29, 1.82) is 0 Å². The molecule has 0 saturated heterocycles. The Hall–Kier alpha value is -2.55. The zero-order chi connectivity index (χ0) is 15.4. The zero-order valence-corrected chi connectivity index (χ0v) is 12.5. The molecule has 0 radical (unpaired) electrons. The van der Waals surface area contributed by atoms with Crippen LogP contribution in [0.4, 0.5) is 0 Å². The molecule has 0 amide bonds. The average Bonchev–Trinajstić information content (AvgIpc) is 2.59. The van der Waals surface area contributed by atoms with Gasteiger partial charge in [0.25, 0.3) is 0 Å². The number of rotatable bonds is 4. The van der Waals surface area contributed by atoms with Crippen molar-refractivity contribution in [2.24, 2.45) is 0 Å². The first-order valence-corrected chi connectivity index (χ1v) is 7.47. The summed E-state index contributed by atoms with van der Waals surface area (Å²) in [7, 11) is 0. The van der Waals surface area contributed by atoms with E-state index in [9.17, 15) is 4.79 Å². The number of fused-ring (bicyclic) bond motifs is 1. The van der Waals surface area contributed by atoms with Crippen LogP contribution in [-0.2, 0) is 6.42 Å². The third-order valence-corrected chi connectivity index (χ3v) is 3.64. The molecular formula is C19H18O3. The lowest BCUT2D eigenvalue weighted by atomic mass is 10.1. The maximum absolute atomic E-state index is 12.2. The van der Waals surface area contributed by atoms with E-state index in [0.717, 1.165) is 12.0 Å². The molecule has 0 bridgehead atoms. The topological polar surface area (TPSA) is 35.5 Å². The second-order valence-electron chi connectivity index (χ2n) is 5.15. The summed E-state index contributed by atoms with van der Waals surface area (Å²) in [6.07, 6.45) is 4.44. The standard InChI is InChI=1S/C19H18O3/c1-2-14-3-5-15(6-4-14)7-9-17(20)16-8-10-18-19(13-16)22-12-11-21-18/h3-10,13H,2,11-12H2,1H3/b9-7+. The lowest BCUT2D eigenvalue weighted by molar-refractivity contribution is 0.104. The van der Waals surface area contributed by atoms with Crippen LogP contribution in [0, 0.1) is 0 Å². The largest absolute Gasteiger partial charge is 0.486 e. The van der Waals surface area contributed by atoms with Crippen molar-refractivity contribution in [3.63, 3.8) is 0 Å². The van der Waals surface area contributed by atoms with E-state index in [-0.39, 0.29) is 5.78 Å². The molecule has 0 aromatic heterocycles. The molecule has 1 heterocycles. The second kappa shape index (κ2) is 6.48. The minimum atomic E-state index is -0.0449. The van der Waals surface area contributed by atoms with Gasteiger partial charge in [0.05, 0.1) is 0 Å². The van der Waals surface area contributed by atoms with Crippen molar-refractivity contribution in [3.8, 4) is 11.5 Å². The van der Waals surface area contributed by atoms with E-state index in [0.29, 0.717) is 30.3 Å². The van der Waals surface area contributed by atoms with Crippen molar-refractivity contribution in [3.05, 3.63) is 65.2 Å². The number of ether oxygens (including phenoxy) is 2. The molecule has 1 aliphatic rings. The Kier molecular flexibility index (Phi) is 4.24. The minimum absolute atomic E-state index is 0.0449. The predicted molar refractivity (Wildman–Crippen MR) is 86.6 cm³/mol. The summed E-state index contributed by atoms with van der Waals surface area (Å²) in [5.41, 5.74) is 2.91. The Bertz CT molecular complexity index is 699. The van der Waals surface area contributed by atoms with Crippen molar-refractivity contribution in [2.45, 2.75) is 13.3 Å². The van der Waals surface area contributed by atoms with Crippen molar-refractivity contribution in [2.75, 3.05) is 13.2 Å². The summed E-state index contributed by atoms with van der Waals surface area (Å²) in [5, 5.41) is 0. The number of carbonyl (C=O) groups is 1. The van der Waals surface area contributed by atoms with Crippen LogP contribution in [0.25, 0.3) is 6.08 Å². The first kappa shape index (κ1) is 14.4. The lowest BCUT2D eigenvalue weighted by Gasteiger charge is -2.18. The molecule has 22 heavy (non-hydrogen) atoms. The van der Waals surface area contributed by atoms with Gasteiger partial charge in [-0.25, -0.2) is 0 Å². The Labute approximate surface area is 130 Å². The van der Waals surface area contributed by atoms with E-state index < -0.39 is 0 Å². The van der Waals surface area contributed by atoms with Gasteiger partial charge in [-0.1, -0.05) is 37.3 Å². The molecule has 0 aliphatic carbocycles. The third kappa shape index (κ3) is 3.19. The van der Waals surface area contributed by atoms with Crippen LogP contribution in [0.5, 0.6) is 11.5 Å². The summed E-state index contributed by atoms with van der Waals surface area (Å²) in [5.74, 6) is 1.29. The molecule has 0 N–H and O–H groups in total. The fourth-order valence-corrected chi connectivity index (χ4v) is 2.33. The number of aryl methyl sites for hydroxylation is 1. The fourth-order valence-electron chi connectivity index (χ4n) is 2.33. The van der Waals surface area contributed by atoms with Gasteiger partial charge in [0, 0.05) is 5.56 Å². The van der Waals surface area contributed by atoms with Crippen molar-refractivity contribution < 1.29 is 14.3 Å². The molecule has 1 aliphatic heterocycles. The third-order valence-electron chi connectivity index (χ3n) is 3.64. The van der Waals surface area contributed by atoms with Crippen molar-refractivity contribution >= 4 is 11.9 Å². The van der Waals surface area contributed by atoms with Gasteiger partial charge < -0.3 is 9.47 Å². The highest BCUT2D eigenvalue weighted by Crippen LogP contribution is 2.30. The van der Waals surface area contributed by atoms with Gasteiger partial charge in [-0.2, -0.15) is 0 Å². The monoisotopic (exact) mass is 294 g/mol. The zero-order valence-electron chi connectivity index (χ0n) is 12.5. The Morgan fingerprint density at radius 2 is 1.77 bits per heavy atom. The number of hydrogen-bond donors (Lipinski definition) is 0. The van der Waals surface area contributed by atoms with Gasteiger partial charge in [-0.05, 0) is 41.8 Å². The summed E-state index contributed by atoms with van der Waals surface area (Å²) < 4.78 is 11.0. The van der Waals surface area contributed by atoms with Gasteiger partial charge in [0.1, 0.15) is 13.2 Å². The first-order chi connectivity index (χ1) is 10.8. The molecule has 0 unspecified atom stereocenters. The highest BCUT2D eigenvalue weighted by Gasteiger charge is 2.13.